The van der Waals surface area contributed by atoms with E-state index in [-0.39, 0.29) is 0 Å². The second kappa shape index (κ2) is 6.64. The summed E-state index contributed by atoms with van der Waals surface area (Å²) >= 11 is 0. The van der Waals surface area contributed by atoms with E-state index >= 15 is 0 Å². The van der Waals surface area contributed by atoms with E-state index in [0.29, 0.717) is 18.1 Å². The summed E-state index contributed by atoms with van der Waals surface area (Å²) in [6.07, 6.45) is 7.11. The van der Waals surface area contributed by atoms with Crippen molar-refractivity contribution in [2.75, 3.05) is 0 Å². The van der Waals surface area contributed by atoms with Crippen molar-refractivity contribution in [1.82, 2.24) is 4.57 Å². The third kappa shape index (κ3) is 3.01. The summed E-state index contributed by atoms with van der Waals surface area (Å²) in [5.41, 5.74) is 3.94. The van der Waals surface area contributed by atoms with E-state index in [2.05, 4.69) is 65.4 Å². The highest BCUT2D eigenvalue weighted by Crippen LogP contribution is 2.35. The van der Waals surface area contributed by atoms with E-state index in [1.165, 1.54) is 22.0 Å². The van der Waals surface area contributed by atoms with Gasteiger partial charge in [0.2, 0.25) is 0 Å². The molecule has 1 aromatic heterocycles. The molecular formula is C22H23NO. The first-order valence-corrected chi connectivity index (χ1v) is 8.94. The van der Waals surface area contributed by atoms with E-state index in [9.17, 15) is 4.79 Å². The zero-order valence-electron chi connectivity index (χ0n) is 13.9. The van der Waals surface area contributed by atoms with Gasteiger partial charge >= 0.3 is 0 Å². The lowest BCUT2D eigenvalue weighted by Gasteiger charge is -2.12. The number of hydrogen-bond acceptors (Lipinski definition) is 1. The Morgan fingerprint density at radius 1 is 0.958 bits per heavy atom. The van der Waals surface area contributed by atoms with E-state index in [1.54, 1.807) is 0 Å². The third-order valence-corrected chi connectivity index (χ3v) is 5.19. The molecule has 24 heavy (non-hydrogen) atoms. The van der Waals surface area contributed by atoms with Crippen LogP contribution in [0.25, 0.3) is 10.9 Å². The topological polar surface area (TPSA) is 22.0 Å². The van der Waals surface area contributed by atoms with E-state index in [4.69, 9.17) is 0 Å². The first-order valence-electron chi connectivity index (χ1n) is 8.94. The lowest BCUT2D eigenvalue weighted by Crippen LogP contribution is -2.03. The Hall–Kier alpha value is -2.35. The van der Waals surface area contributed by atoms with Gasteiger partial charge in [0.15, 0.2) is 0 Å². The Labute approximate surface area is 143 Å². The molecule has 2 aromatic carbocycles. The zero-order chi connectivity index (χ0) is 16.4. The van der Waals surface area contributed by atoms with Gasteiger partial charge in [0.25, 0.3) is 0 Å². The monoisotopic (exact) mass is 317 g/mol. The number of rotatable bonds is 3. The molecule has 1 saturated carbocycles. The van der Waals surface area contributed by atoms with Gasteiger partial charge < -0.3 is 4.57 Å². The van der Waals surface area contributed by atoms with E-state index < -0.39 is 0 Å². The highest BCUT2D eigenvalue weighted by Gasteiger charge is 2.22. The largest absolute Gasteiger partial charge is 0.343 e. The minimum atomic E-state index is 0.377. The van der Waals surface area contributed by atoms with Crippen molar-refractivity contribution in [1.29, 1.82) is 0 Å². The van der Waals surface area contributed by atoms with Crippen LogP contribution >= 0.6 is 0 Å². The van der Waals surface area contributed by atoms with E-state index in [1.807, 2.05) is 0 Å². The molecule has 0 bridgehead atoms. The van der Waals surface area contributed by atoms with Crippen molar-refractivity contribution < 1.29 is 4.79 Å². The van der Waals surface area contributed by atoms with Crippen LogP contribution in [0.15, 0.2) is 60.8 Å². The van der Waals surface area contributed by atoms with Crippen LogP contribution in [0.4, 0.5) is 0 Å². The summed E-state index contributed by atoms with van der Waals surface area (Å²) < 4.78 is 2.34. The van der Waals surface area contributed by atoms with Crippen molar-refractivity contribution >= 4 is 16.7 Å². The molecule has 1 heterocycles. The van der Waals surface area contributed by atoms with Gasteiger partial charge in [0.1, 0.15) is 5.78 Å². The average molecular weight is 317 g/mol. The number of carbonyl (C=O) groups excluding carboxylic acids is 1. The fourth-order valence-electron chi connectivity index (χ4n) is 3.97. The molecular weight excluding hydrogens is 294 g/mol. The van der Waals surface area contributed by atoms with Gasteiger partial charge in [0, 0.05) is 36.5 Å². The Bertz CT molecular complexity index is 847. The molecule has 0 saturated heterocycles. The molecule has 1 fully saturated rings. The Kier molecular flexibility index (Phi) is 4.20. The lowest BCUT2D eigenvalue weighted by molar-refractivity contribution is -0.119. The van der Waals surface area contributed by atoms with Crippen LogP contribution < -0.4 is 0 Å². The van der Waals surface area contributed by atoms with Crippen LogP contribution in [-0.2, 0) is 11.3 Å². The standard InChI is InChI=1S/C22H23NO/c24-19-11-5-4-10-18(14-19)21-16-23(15-17-8-2-1-3-9-17)22-13-7-6-12-20(21)22/h1-3,6-9,12-13,16,18H,4-5,10-11,14-15H2. The summed E-state index contributed by atoms with van der Waals surface area (Å²) in [4.78, 5) is 12.1. The van der Waals surface area contributed by atoms with Gasteiger partial charge in [-0.2, -0.15) is 0 Å². The number of ketones is 1. The fourth-order valence-corrected chi connectivity index (χ4v) is 3.97. The average Bonchev–Trinajstić information content (AvgIpc) is 2.82. The molecule has 1 unspecified atom stereocenters. The molecule has 3 aromatic rings. The minimum absolute atomic E-state index is 0.377. The molecule has 4 rings (SSSR count). The number of benzene rings is 2. The Balaban J connectivity index is 1.75. The second-order valence-electron chi connectivity index (χ2n) is 6.90. The highest BCUT2D eigenvalue weighted by molar-refractivity contribution is 5.86. The van der Waals surface area contributed by atoms with Crippen LogP contribution in [0.1, 0.15) is 49.1 Å². The SMILES string of the molecule is O=C1CCCCC(c2cn(Cc3ccccc3)c3ccccc23)C1. The number of hydrogen-bond donors (Lipinski definition) is 0. The normalized spacial score (nSPS) is 18.7. The number of nitrogens with zero attached hydrogens (tertiary/aromatic N) is 1. The molecule has 1 aliphatic carbocycles. The quantitative estimate of drug-likeness (QED) is 0.600. The minimum Gasteiger partial charge on any atom is -0.343 e. The molecule has 0 radical (unpaired) electrons. The first-order chi connectivity index (χ1) is 11.8. The predicted molar refractivity (Wildman–Crippen MR) is 98.3 cm³/mol. The molecule has 0 spiro atoms. The number of aromatic nitrogens is 1. The summed E-state index contributed by atoms with van der Waals surface area (Å²) in [6.45, 7) is 0.877. The summed E-state index contributed by atoms with van der Waals surface area (Å²) in [6, 6.07) is 19.2. The van der Waals surface area contributed by atoms with Crippen molar-refractivity contribution in [3.8, 4) is 0 Å². The van der Waals surface area contributed by atoms with E-state index in [0.717, 1.165) is 32.2 Å². The third-order valence-electron chi connectivity index (χ3n) is 5.19. The maximum Gasteiger partial charge on any atom is 0.133 e. The zero-order valence-corrected chi connectivity index (χ0v) is 13.9. The van der Waals surface area contributed by atoms with Gasteiger partial charge in [0.05, 0.1) is 0 Å². The predicted octanol–water partition coefficient (Wildman–Crippen LogP) is 5.31. The maximum atomic E-state index is 12.1. The first kappa shape index (κ1) is 15.2. The number of carbonyl (C=O) groups is 1. The van der Waals surface area contributed by atoms with Crippen LogP contribution in [-0.4, -0.2) is 10.4 Å². The molecule has 1 atom stereocenters. The van der Waals surface area contributed by atoms with Crippen molar-refractivity contribution in [3.63, 3.8) is 0 Å². The smallest absolute Gasteiger partial charge is 0.133 e. The van der Waals surface area contributed by atoms with Crippen LogP contribution in [0.2, 0.25) is 0 Å². The molecule has 122 valence electrons. The van der Waals surface area contributed by atoms with Crippen molar-refractivity contribution in [2.45, 2.75) is 44.6 Å². The molecule has 1 aliphatic rings. The summed E-state index contributed by atoms with van der Waals surface area (Å²) in [7, 11) is 0. The lowest BCUT2D eigenvalue weighted by atomic mass is 9.91. The number of Topliss-reactive ketones (excluding diaryl/α,β-unsaturated/α-hetero) is 1. The van der Waals surface area contributed by atoms with Gasteiger partial charge in [-0.25, -0.2) is 0 Å². The Morgan fingerprint density at radius 2 is 1.75 bits per heavy atom. The van der Waals surface area contributed by atoms with Crippen LogP contribution in [0, 0.1) is 0 Å². The van der Waals surface area contributed by atoms with Gasteiger partial charge in [-0.1, -0.05) is 55.0 Å². The molecule has 0 N–H and O–H groups in total. The van der Waals surface area contributed by atoms with Gasteiger partial charge in [-0.15, -0.1) is 0 Å². The van der Waals surface area contributed by atoms with Gasteiger partial charge in [-0.05, 0) is 36.0 Å². The highest BCUT2D eigenvalue weighted by atomic mass is 16.1. The van der Waals surface area contributed by atoms with Crippen LogP contribution in [0.3, 0.4) is 0 Å². The van der Waals surface area contributed by atoms with Gasteiger partial charge in [-0.3, -0.25) is 4.79 Å². The molecule has 2 nitrogen and oxygen atoms in total. The van der Waals surface area contributed by atoms with Crippen molar-refractivity contribution in [3.05, 3.63) is 71.9 Å². The number of para-hydroxylation sites is 1. The fraction of sp³-hybridized carbons (Fsp3) is 0.318. The molecule has 0 amide bonds. The molecule has 2 heteroatoms. The molecule has 0 aliphatic heterocycles. The maximum absolute atomic E-state index is 12.1. The second-order valence-corrected chi connectivity index (χ2v) is 6.90. The van der Waals surface area contributed by atoms with Crippen LogP contribution in [0.5, 0.6) is 0 Å². The summed E-state index contributed by atoms with van der Waals surface area (Å²) in [5, 5.41) is 1.31. The Morgan fingerprint density at radius 3 is 2.62 bits per heavy atom. The summed E-state index contributed by atoms with van der Waals surface area (Å²) in [5.74, 6) is 0.805. The number of fused-ring (bicyclic) bond motifs is 1. The van der Waals surface area contributed by atoms with Crippen molar-refractivity contribution in [2.24, 2.45) is 0 Å².